The molecule has 94 valence electrons. The van der Waals surface area contributed by atoms with Crippen molar-refractivity contribution in [1.82, 2.24) is 4.57 Å². The van der Waals surface area contributed by atoms with Crippen molar-refractivity contribution in [2.75, 3.05) is 4.90 Å². The van der Waals surface area contributed by atoms with Gasteiger partial charge < -0.3 is 4.57 Å². The molecule has 0 aliphatic carbocycles. The predicted molar refractivity (Wildman–Crippen MR) is 73.8 cm³/mol. The van der Waals surface area contributed by atoms with E-state index in [4.69, 9.17) is 0 Å². The van der Waals surface area contributed by atoms with E-state index in [0.29, 0.717) is 12.2 Å². The van der Waals surface area contributed by atoms with Crippen LogP contribution in [0, 0.1) is 0 Å². The summed E-state index contributed by atoms with van der Waals surface area (Å²) in [6, 6.07) is 7.68. The zero-order valence-corrected chi connectivity index (χ0v) is 10.2. The molecule has 0 saturated heterocycles. The summed E-state index contributed by atoms with van der Waals surface area (Å²) in [4.78, 5) is 24.8. The van der Waals surface area contributed by atoms with Crippen LogP contribution in [0.4, 0.5) is 5.69 Å². The molecule has 2 amide bonds. The van der Waals surface area contributed by atoms with E-state index < -0.39 is 0 Å². The lowest BCUT2D eigenvalue weighted by Gasteiger charge is -2.11. The highest BCUT2D eigenvalue weighted by Crippen LogP contribution is 2.31. The second-order valence-electron chi connectivity index (χ2n) is 4.32. The molecule has 0 fully saturated rings. The number of carbonyl (C=O) groups is 2. The number of amides is 2. The minimum absolute atomic E-state index is 0.300. The van der Waals surface area contributed by atoms with Gasteiger partial charge in [0.2, 0.25) is 0 Å². The van der Waals surface area contributed by atoms with Crippen LogP contribution < -0.4 is 4.90 Å². The van der Waals surface area contributed by atoms with Crippen LogP contribution in [-0.2, 0) is 16.1 Å². The Kier molecular flexibility index (Phi) is 2.56. The smallest absolute Gasteiger partial charge is 0.258 e. The number of nitrogens with zero attached hydrogens (tertiary/aromatic N) is 2. The van der Waals surface area contributed by atoms with Gasteiger partial charge in [0, 0.05) is 30.3 Å². The summed E-state index contributed by atoms with van der Waals surface area (Å²) in [5, 5.41) is 0.884. The van der Waals surface area contributed by atoms with Crippen molar-refractivity contribution < 1.29 is 9.59 Å². The van der Waals surface area contributed by atoms with Gasteiger partial charge in [-0.3, -0.25) is 9.59 Å². The molecule has 0 bridgehead atoms. The zero-order valence-electron chi connectivity index (χ0n) is 10.2. The summed E-state index contributed by atoms with van der Waals surface area (Å²) < 4.78 is 1.97. The molecule has 19 heavy (non-hydrogen) atoms. The van der Waals surface area contributed by atoms with E-state index in [1.807, 2.05) is 35.0 Å². The van der Waals surface area contributed by atoms with Crippen molar-refractivity contribution >= 4 is 28.4 Å². The number of para-hydroxylation sites is 1. The fraction of sp³-hybridized carbons (Fsp3) is 0.0667. The summed E-state index contributed by atoms with van der Waals surface area (Å²) in [7, 11) is 0. The van der Waals surface area contributed by atoms with E-state index in [0.717, 1.165) is 10.9 Å². The largest absolute Gasteiger partial charge is 0.341 e. The van der Waals surface area contributed by atoms with Gasteiger partial charge >= 0.3 is 0 Å². The SMILES string of the molecule is C=CCn1cc(N2C(=O)C=CC2=O)c2ccccc21. The van der Waals surface area contributed by atoms with E-state index in [-0.39, 0.29) is 11.8 Å². The number of rotatable bonds is 3. The van der Waals surface area contributed by atoms with Crippen LogP contribution in [0.1, 0.15) is 0 Å². The molecule has 3 rings (SSSR count). The molecule has 0 spiro atoms. The number of hydrogen-bond donors (Lipinski definition) is 0. The molecule has 1 aliphatic rings. The lowest BCUT2D eigenvalue weighted by molar-refractivity contribution is -0.119. The third-order valence-electron chi connectivity index (χ3n) is 3.14. The Balaban J connectivity index is 2.21. The average molecular weight is 252 g/mol. The zero-order chi connectivity index (χ0) is 13.4. The highest BCUT2D eigenvalue weighted by molar-refractivity contribution is 6.30. The number of anilines is 1. The molecule has 2 heterocycles. The highest BCUT2D eigenvalue weighted by Gasteiger charge is 2.27. The predicted octanol–water partition coefficient (Wildman–Crippen LogP) is 2.26. The Morgan fingerprint density at radius 2 is 1.79 bits per heavy atom. The van der Waals surface area contributed by atoms with Crippen LogP contribution in [0.15, 0.2) is 55.3 Å². The number of imide groups is 1. The van der Waals surface area contributed by atoms with E-state index in [1.54, 1.807) is 6.08 Å². The molecule has 0 saturated carbocycles. The molecule has 0 N–H and O–H groups in total. The van der Waals surface area contributed by atoms with Crippen LogP contribution >= 0.6 is 0 Å². The van der Waals surface area contributed by atoms with Gasteiger partial charge in [0.1, 0.15) is 0 Å². The lowest BCUT2D eigenvalue weighted by atomic mass is 10.2. The van der Waals surface area contributed by atoms with Crippen LogP contribution in [0.3, 0.4) is 0 Å². The molecule has 0 radical (unpaired) electrons. The molecule has 0 unspecified atom stereocenters. The third kappa shape index (κ3) is 1.69. The fourth-order valence-corrected chi connectivity index (χ4v) is 2.33. The highest BCUT2D eigenvalue weighted by atomic mass is 16.2. The Labute approximate surface area is 110 Å². The summed E-state index contributed by atoms with van der Waals surface area (Å²) in [6.07, 6.45) is 6.18. The van der Waals surface area contributed by atoms with Crippen LogP contribution in [0.25, 0.3) is 10.9 Å². The molecule has 2 aromatic rings. The van der Waals surface area contributed by atoms with Gasteiger partial charge in [-0.1, -0.05) is 24.3 Å². The Morgan fingerprint density at radius 3 is 2.47 bits per heavy atom. The standard InChI is InChI=1S/C15H12N2O2/c1-2-9-16-10-13(11-5-3-4-6-12(11)16)17-14(18)7-8-15(17)19/h2-8,10H,1,9H2. The summed E-state index contributed by atoms with van der Waals surface area (Å²) in [5.74, 6) is -0.599. The normalized spacial score (nSPS) is 14.6. The van der Waals surface area contributed by atoms with Gasteiger partial charge in [-0.25, -0.2) is 4.90 Å². The topological polar surface area (TPSA) is 42.3 Å². The third-order valence-corrected chi connectivity index (χ3v) is 3.14. The van der Waals surface area contributed by atoms with Crippen LogP contribution in [-0.4, -0.2) is 16.4 Å². The maximum absolute atomic E-state index is 11.8. The number of carbonyl (C=O) groups excluding carboxylic acids is 2. The maximum atomic E-state index is 11.8. The first-order valence-corrected chi connectivity index (χ1v) is 5.97. The molecular formula is C15H12N2O2. The van der Waals surface area contributed by atoms with Crippen LogP contribution in [0.2, 0.25) is 0 Å². The number of benzene rings is 1. The number of fused-ring (bicyclic) bond motifs is 1. The van der Waals surface area contributed by atoms with Gasteiger partial charge in [0.05, 0.1) is 11.2 Å². The minimum atomic E-state index is -0.300. The molecule has 1 aromatic carbocycles. The lowest BCUT2D eigenvalue weighted by Crippen LogP contribution is -2.29. The summed E-state index contributed by atoms with van der Waals surface area (Å²) >= 11 is 0. The van der Waals surface area contributed by atoms with Crippen molar-refractivity contribution in [2.24, 2.45) is 0 Å². The van der Waals surface area contributed by atoms with E-state index in [2.05, 4.69) is 6.58 Å². The first kappa shape index (κ1) is 11.5. The van der Waals surface area contributed by atoms with E-state index >= 15 is 0 Å². The van der Waals surface area contributed by atoms with Gasteiger partial charge in [-0.2, -0.15) is 0 Å². The molecule has 1 aliphatic heterocycles. The summed E-state index contributed by atoms with van der Waals surface area (Å²) in [6.45, 7) is 4.35. The quantitative estimate of drug-likeness (QED) is 0.621. The molecule has 0 atom stereocenters. The van der Waals surface area contributed by atoms with E-state index in [9.17, 15) is 9.59 Å². The van der Waals surface area contributed by atoms with E-state index in [1.165, 1.54) is 17.1 Å². The molecule has 4 nitrogen and oxygen atoms in total. The van der Waals surface area contributed by atoms with Crippen molar-refractivity contribution in [3.8, 4) is 0 Å². The first-order chi connectivity index (χ1) is 9.22. The minimum Gasteiger partial charge on any atom is -0.341 e. The Morgan fingerprint density at radius 1 is 1.11 bits per heavy atom. The van der Waals surface area contributed by atoms with Crippen LogP contribution in [0.5, 0.6) is 0 Å². The monoisotopic (exact) mass is 252 g/mol. The van der Waals surface area contributed by atoms with Gasteiger partial charge in [0.15, 0.2) is 0 Å². The Bertz CT molecular complexity index is 707. The first-order valence-electron chi connectivity index (χ1n) is 5.97. The molecular weight excluding hydrogens is 240 g/mol. The maximum Gasteiger partial charge on any atom is 0.258 e. The Hall–Kier alpha value is -2.62. The van der Waals surface area contributed by atoms with Gasteiger partial charge in [-0.05, 0) is 6.07 Å². The van der Waals surface area contributed by atoms with Crippen molar-refractivity contribution in [1.29, 1.82) is 0 Å². The second kappa shape index (κ2) is 4.24. The average Bonchev–Trinajstić information content (AvgIpc) is 2.92. The van der Waals surface area contributed by atoms with Crippen molar-refractivity contribution in [3.63, 3.8) is 0 Å². The second-order valence-corrected chi connectivity index (χ2v) is 4.32. The summed E-state index contributed by atoms with van der Waals surface area (Å²) in [5.41, 5.74) is 1.60. The number of allylic oxidation sites excluding steroid dienone is 1. The van der Waals surface area contributed by atoms with Gasteiger partial charge in [-0.15, -0.1) is 6.58 Å². The van der Waals surface area contributed by atoms with Crippen molar-refractivity contribution in [2.45, 2.75) is 6.54 Å². The number of aromatic nitrogens is 1. The fourth-order valence-electron chi connectivity index (χ4n) is 2.33. The molecule has 1 aromatic heterocycles. The van der Waals surface area contributed by atoms with Crippen molar-refractivity contribution in [3.05, 3.63) is 55.3 Å². The number of hydrogen-bond acceptors (Lipinski definition) is 2. The van der Waals surface area contributed by atoms with Gasteiger partial charge in [0.25, 0.3) is 11.8 Å². The molecule has 4 heteroatoms.